The van der Waals surface area contributed by atoms with Crippen LogP contribution in [-0.2, 0) is 16.1 Å². The second-order valence-corrected chi connectivity index (χ2v) is 8.76. The van der Waals surface area contributed by atoms with Crippen LogP contribution in [0.5, 0.6) is 0 Å². The first kappa shape index (κ1) is 17.6. The molecule has 0 bridgehead atoms. The van der Waals surface area contributed by atoms with Crippen LogP contribution in [0.3, 0.4) is 0 Å². The highest BCUT2D eigenvalue weighted by atomic mass is 16.5. The zero-order valence-electron chi connectivity index (χ0n) is 16.1. The molecule has 7 nitrogen and oxygen atoms in total. The monoisotopic (exact) mass is 373 g/mol. The van der Waals surface area contributed by atoms with Gasteiger partial charge in [0.05, 0.1) is 30.6 Å². The van der Waals surface area contributed by atoms with E-state index >= 15 is 0 Å². The number of aromatic nitrogens is 3. The van der Waals surface area contributed by atoms with Gasteiger partial charge in [-0.1, -0.05) is 24.5 Å². The highest BCUT2D eigenvalue weighted by Gasteiger charge is 2.40. The molecule has 0 aromatic carbocycles. The minimum Gasteiger partial charge on any atom is -0.370 e. The molecular weight excluding hydrogens is 342 g/mol. The summed E-state index contributed by atoms with van der Waals surface area (Å²) in [5.41, 5.74) is 1.02. The van der Waals surface area contributed by atoms with Gasteiger partial charge in [-0.05, 0) is 45.2 Å². The summed E-state index contributed by atoms with van der Waals surface area (Å²) >= 11 is 0. The third-order valence-corrected chi connectivity index (χ3v) is 7.21. The molecule has 4 aliphatic rings. The highest BCUT2D eigenvalue weighted by molar-refractivity contribution is 5.79. The van der Waals surface area contributed by atoms with Gasteiger partial charge in [0.1, 0.15) is 0 Å². The Morgan fingerprint density at radius 3 is 2.67 bits per heavy atom. The number of fused-ring (bicyclic) bond motifs is 3. The molecule has 1 aliphatic carbocycles. The van der Waals surface area contributed by atoms with Crippen molar-refractivity contribution in [2.24, 2.45) is 5.92 Å². The molecule has 2 saturated heterocycles. The predicted octanol–water partition coefficient (Wildman–Crippen LogP) is 1.99. The second-order valence-electron chi connectivity index (χ2n) is 8.76. The number of amides is 1. The molecule has 0 radical (unpaired) electrons. The molecule has 148 valence electrons. The lowest BCUT2D eigenvalue weighted by Crippen LogP contribution is -2.52. The van der Waals surface area contributed by atoms with Crippen molar-refractivity contribution in [3.63, 3.8) is 0 Å². The van der Waals surface area contributed by atoms with E-state index < -0.39 is 0 Å². The zero-order valence-corrected chi connectivity index (χ0v) is 16.1. The third-order valence-electron chi connectivity index (χ3n) is 7.21. The van der Waals surface area contributed by atoms with Crippen molar-refractivity contribution in [2.45, 2.75) is 76.2 Å². The van der Waals surface area contributed by atoms with Gasteiger partial charge in [-0.2, -0.15) is 0 Å². The number of hydrogen-bond acceptors (Lipinski definition) is 5. The predicted molar refractivity (Wildman–Crippen MR) is 100 cm³/mol. The van der Waals surface area contributed by atoms with Crippen molar-refractivity contribution in [2.75, 3.05) is 26.2 Å². The first-order valence-electron chi connectivity index (χ1n) is 10.8. The maximum Gasteiger partial charge on any atom is 0.225 e. The number of ether oxygens (including phenoxy) is 1. The lowest BCUT2D eigenvalue weighted by Gasteiger charge is -2.43. The Hall–Kier alpha value is -1.47. The minimum absolute atomic E-state index is 0.122. The SMILES string of the molecule is O=C(C1CCN(C2CCCCC2)CC1)N1CC[C@@H]2OCc3cnnn3[C@@H]2C1. The first-order chi connectivity index (χ1) is 13.3. The van der Waals surface area contributed by atoms with Gasteiger partial charge in [-0.25, -0.2) is 4.68 Å². The average molecular weight is 374 g/mol. The van der Waals surface area contributed by atoms with Gasteiger partial charge in [0.2, 0.25) is 5.91 Å². The fourth-order valence-electron chi connectivity index (χ4n) is 5.60. The molecule has 1 aromatic heterocycles. The van der Waals surface area contributed by atoms with Crippen LogP contribution in [0.25, 0.3) is 0 Å². The molecule has 1 amide bonds. The molecule has 2 atom stereocenters. The van der Waals surface area contributed by atoms with E-state index in [-0.39, 0.29) is 18.1 Å². The lowest BCUT2D eigenvalue weighted by molar-refractivity contribution is -0.144. The second kappa shape index (κ2) is 7.51. The van der Waals surface area contributed by atoms with Gasteiger partial charge < -0.3 is 14.5 Å². The summed E-state index contributed by atoms with van der Waals surface area (Å²) in [4.78, 5) is 17.9. The van der Waals surface area contributed by atoms with E-state index in [9.17, 15) is 4.79 Å². The summed E-state index contributed by atoms with van der Waals surface area (Å²) in [5.74, 6) is 0.546. The maximum absolute atomic E-state index is 13.2. The molecule has 7 heteroatoms. The van der Waals surface area contributed by atoms with E-state index in [0.29, 0.717) is 19.1 Å². The maximum atomic E-state index is 13.2. The van der Waals surface area contributed by atoms with Crippen molar-refractivity contribution < 1.29 is 9.53 Å². The van der Waals surface area contributed by atoms with Gasteiger partial charge in [0.15, 0.2) is 0 Å². The number of likely N-dealkylation sites (tertiary alicyclic amines) is 2. The Morgan fingerprint density at radius 2 is 1.85 bits per heavy atom. The van der Waals surface area contributed by atoms with Crippen molar-refractivity contribution in [1.29, 1.82) is 0 Å². The normalized spacial score (nSPS) is 30.7. The molecule has 4 heterocycles. The summed E-state index contributed by atoms with van der Waals surface area (Å²) in [5, 5.41) is 8.28. The van der Waals surface area contributed by atoms with Gasteiger partial charge in [0, 0.05) is 25.0 Å². The van der Waals surface area contributed by atoms with Crippen molar-refractivity contribution in [1.82, 2.24) is 24.8 Å². The van der Waals surface area contributed by atoms with Crippen LogP contribution in [0, 0.1) is 5.92 Å². The molecule has 0 N–H and O–H groups in total. The topological polar surface area (TPSA) is 63.5 Å². The molecule has 3 fully saturated rings. The molecule has 27 heavy (non-hydrogen) atoms. The van der Waals surface area contributed by atoms with Gasteiger partial charge >= 0.3 is 0 Å². The molecule has 1 saturated carbocycles. The average Bonchev–Trinajstić information content (AvgIpc) is 3.23. The van der Waals surface area contributed by atoms with E-state index in [4.69, 9.17) is 4.74 Å². The summed E-state index contributed by atoms with van der Waals surface area (Å²) in [6, 6.07) is 0.895. The van der Waals surface area contributed by atoms with Crippen LogP contribution in [0.2, 0.25) is 0 Å². The largest absolute Gasteiger partial charge is 0.370 e. The Morgan fingerprint density at radius 1 is 1.04 bits per heavy atom. The lowest BCUT2D eigenvalue weighted by atomic mass is 9.89. The van der Waals surface area contributed by atoms with Crippen LogP contribution in [0.4, 0.5) is 0 Å². The summed E-state index contributed by atoms with van der Waals surface area (Å²) in [6.45, 7) is 4.30. The van der Waals surface area contributed by atoms with E-state index in [1.807, 2.05) is 4.68 Å². The van der Waals surface area contributed by atoms with Crippen molar-refractivity contribution in [3.05, 3.63) is 11.9 Å². The van der Waals surface area contributed by atoms with E-state index in [1.54, 1.807) is 6.20 Å². The summed E-state index contributed by atoms with van der Waals surface area (Å²) in [7, 11) is 0. The third kappa shape index (κ3) is 3.40. The number of nitrogens with zero attached hydrogens (tertiary/aromatic N) is 5. The van der Waals surface area contributed by atoms with Crippen LogP contribution >= 0.6 is 0 Å². The highest BCUT2D eigenvalue weighted by Crippen LogP contribution is 2.32. The van der Waals surface area contributed by atoms with Crippen LogP contribution in [0.15, 0.2) is 6.20 Å². The first-order valence-corrected chi connectivity index (χ1v) is 10.8. The number of carbonyl (C=O) groups excluding carboxylic acids is 1. The van der Waals surface area contributed by atoms with E-state index in [0.717, 1.165) is 50.6 Å². The van der Waals surface area contributed by atoms with Crippen molar-refractivity contribution in [3.8, 4) is 0 Å². The van der Waals surface area contributed by atoms with Crippen LogP contribution in [0.1, 0.15) is 63.1 Å². The van der Waals surface area contributed by atoms with Gasteiger partial charge in [-0.3, -0.25) is 4.79 Å². The molecule has 0 unspecified atom stereocenters. The number of piperidine rings is 2. The Labute approximate surface area is 161 Å². The summed E-state index contributed by atoms with van der Waals surface area (Å²) in [6.07, 6.45) is 11.8. The van der Waals surface area contributed by atoms with E-state index in [2.05, 4.69) is 20.1 Å². The Bertz CT molecular complexity index is 663. The van der Waals surface area contributed by atoms with Crippen LogP contribution < -0.4 is 0 Å². The van der Waals surface area contributed by atoms with E-state index in [1.165, 1.54) is 32.1 Å². The summed E-state index contributed by atoms with van der Waals surface area (Å²) < 4.78 is 7.96. The quantitative estimate of drug-likeness (QED) is 0.793. The van der Waals surface area contributed by atoms with Crippen molar-refractivity contribution >= 4 is 5.91 Å². The molecule has 5 rings (SSSR count). The molecule has 0 spiro atoms. The Balaban J connectivity index is 1.19. The fourth-order valence-corrected chi connectivity index (χ4v) is 5.60. The van der Waals surface area contributed by atoms with Gasteiger partial charge in [0.25, 0.3) is 0 Å². The fraction of sp³-hybridized carbons (Fsp3) is 0.850. The van der Waals surface area contributed by atoms with Gasteiger partial charge in [-0.15, -0.1) is 5.10 Å². The molecular formula is C20H31N5O2. The molecule has 3 aliphatic heterocycles. The molecule has 1 aromatic rings. The Kier molecular flexibility index (Phi) is 4.90. The standard InChI is InChI=1S/C20H31N5O2/c26-20(15-6-9-23(10-7-15)16-4-2-1-3-5-16)24-11-8-19-18(13-24)25-17(14-27-19)12-21-22-25/h12,15-16,18-19H,1-11,13-14H2/t18-,19+/m1/s1. The number of carbonyl (C=O) groups is 1. The number of rotatable bonds is 2. The smallest absolute Gasteiger partial charge is 0.225 e. The van der Waals surface area contributed by atoms with Crippen LogP contribution in [-0.4, -0.2) is 69.0 Å². The number of hydrogen-bond donors (Lipinski definition) is 0. The zero-order chi connectivity index (χ0) is 18.2. The minimum atomic E-state index is 0.122.